The Labute approximate surface area is 129 Å². The normalized spacial score (nSPS) is 26.3. The zero-order valence-corrected chi connectivity index (χ0v) is 13.8. The molecule has 0 atom stereocenters. The van der Waals surface area contributed by atoms with Gasteiger partial charge in [-0.3, -0.25) is 4.79 Å². The second-order valence-corrected chi connectivity index (χ2v) is 6.89. The third-order valence-corrected chi connectivity index (χ3v) is 5.48. The van der Waals surface area contributed by atoms with Crippen LogP contribution in [-0.4, -0.2) is 12.5 Å². The van der Waals surface area contributed by atoms with Crippen LogP contribution in [0.15, 0.2) is 22.7 Å². The molecule has 4 heteroatoms. The van der Waals surface area contributed by atoms with E-state index in [-0.39, 0.29) is 11.3 Å². The van der Waals surface area contributed by atoms with Crippen molar-refractivity contribution in [2.45, 2.75) is 39.5 Å². The molecule has 3 N–H and O–H groups in total. The molecule has 1 fully saturated rings. The van der Waals surface area contributed by atoms with Crippen LogP contribution in [0.1, 0.15) is 38.2 Å². The largest absolute Gasteiger partial charge is 0.329 e. The van der Waals surface area contributed by atoms with Crippen LogP contribution in [0, 0.1) is 18.3 Å². The average Bonchev–Trinajstić information content (AvgIpc) is 2.45. The Balaban J connectivity index is 2.16. The van der Waals surface area contributed by atoms with Crippen molar-refractivity contribution in [3.8, 4) is 0 Å². The van der Waals surface area contributed by atoms with Crippen molar-refractivity contribution in [1.82, 2.24) is 0 Å². The van der Waals surface area contributed by atoms with Crippen LogP contribution in [0.3, 0.4) is 0 Å². The van der Waals surface area contributed by atoms with Crippen LogP contribution < -0.4 is 11.1 Å². The maximum Gasteiger partial charge on any atom is 0.231 e. The summed E-state index contributed by atoms with van der Waals surface area (Å²) in [5.41, 5.74) is 7.47. The van der Waals surface area contributed by atoms with Gasteiger partial charge in [-0.15, -0.1) is 0 Å². The number of carbonyl (C=O) groups is 1. The van der Waals surface area contributed by atoms with Crippen LogP contribution in [0.25, 0.3) is 0 Å². The Kier molecular flexibility index (Phi) is 4.86. The lowest BCUT2D eigenvalue weighted by molar-refractivity contribution is -0.127. The van der Waals surface area contributed by atoms with Crippen LogP contribution >= 0.6 is 15.9 Å². The number of amides is 1. The van der Waals surface area contributed by atoms with Gasteiger partial charge < -0.3 is 11.1 Å². The van der Waals surface area contributed by atoms with E-state index in [0.29, 0.717) is 12.5 Å². The van der Waals surface area contributed by atoms with Gasteiger partial charge >= 0.3 is 0 Å². The fourth-order valence-corrected chi connectivity index (χ4v) is 3.20. The molecule has 0 aromatic heterocycles. The van der Waals surface area contributed by atoms with Gasteiger partial charge in [0.05, 0.1) is 5.41 Å². The number of rotatable bonds is 3. The lowest BCUT2D eigenvalue weighted by atomic mass is 9.70. The molecule has 1 aliphatic carbocycles. The molecule has 0 saturated heterocycles. The summed E-state index contributed by atoms with van der Waals surface area (Å²) in [4.78, 5) is 12.7. The number of anilines is 1. The van der Waals surface area contributed by atoms with E-state index in [1.165, 1.54) is 0 Å². The second kappa shape index (κ2) is 6.27. The van der Waals surface area contributed by atoms with Gasteiger partial charge in [-0.2, -0.15) is 0 Å². The molecule has 110 valence electrons. The van der Waals surface area contributed by atoms with Crippen LogP contribution in [0.2, 0.25) is 0 Å². The quantitative estimate of drug-likeness (QED) is 0.879. The minimum atomic E-state index is -0.388. The monoisotopic (exact) mass is 338 g/mol. The molecule has 0 radical (unpaired) electrons. The summed E-state index contributed by atoms with van der Waals surface area (Å²) in [5, 5.41) is 3.08. The van der Waals surface area contributed by atoms with Crippen LogP contribution in [-0.2, 0) is 4.79 Å². The standard InChI is InChI=1S/C16H23BrN2O/c1-11-6-8-16(10-18,9-7-11)15(20)19-14-5-3-4-13(17)12(14)2/h3-5,11H,6-10,18H2,1-2H3,(H,19,20). The summed E-state index contributed by atoms with van der Waals surface area (Å²) in [6.45, 7) is 4.67. The van der Waals surface area contributed by atoms with Crippen LogP contribution in [0.5, 0.6) is 0 Å². The first-order valence-electron chi connectivity index (χ1n) is 7.25. The lowest BCUT2D eigenvalue weighted by Gasteiger charge is -2.37. The van der Waals surface area contributed by atoms with E-state index in [1.54, 1.807) is 0 Å². The topological polar surface area (TPSA) is 55.1 Å². The van der Waals surface area contributed by atoms with E-state index in [4.69, 9.17) is 5.73 Å². The zero-order valence-electron chi connectivity index (χ0n) is 12.2. The molecule has 1 aliphatic rings. The van der Waals surface area contributed by atoms with Gasteiger partial charge in [0.15, 0.2) is 0 Å². The molecular weight excluding hydrogens is 316 g/mol. The number of benzene rings is 1. The summed E-state index contributed by atoms with van der Waals surface area (Å²) >= 11 is 3.49. The predicted molar refractivity (Wildman–Crippen MR) is 86.6 cm³/mol. The first-order valence-corrected chi connectivity index (χ1v) is 8.04. The molecule has 3 nitrogen and oxygen atoms in total. The molecule has 0 spiro atoms. The lowest BCUT2D eigenvalue weighted by Crippen LogP contribution is -2.44. The molecule has 0 bridgehead atoms. The SMILES string of the molecule is Cc1c(Br)cccc1NC(=O)C1(CN)CCC(C)CC1. The molecule has 1 saturated carbocycles. The van der Waals surface area contributed by atoms with E-state index < -0.39 is 0 Å². The van der Waals surface area contributed by atoms with E-state index in [1.807, 2.05) is 25.1 Å². The molecule has 1 aromatic rings. The Morgan fingerprint density at radius 3 is 2.70 bits per heavy atom. The highest BCUT2D eigenvalue weighted by Crippen LogP contribution is 2.39. The van der Waals surface area contributed by atoms with Crippen molar-refractivity contribution >= 4 is 27.5 Å². The first-order chi connectivity index (χ1) is 9.48. The third kappa shape index (κ3) is 3.07. The highest BCUT2D eigenvalue weighted by atomic mass is 79.9. The summed E-state index contributed by atoms with van der Waals surface area (Å²) in [5.74, 6) is 0.781. The fourth-order valence-electron chi connectivity index (χ4n) is 2.84. The summed E-state index contributed by atoms with van der Waals surface area (Å²) in [6, 6.07) is 5.85. The molecule has 20 heavy (non-hydrogen) atoms. The summed E-state index contributed by atoms with van der Waals surface area (Å²) in [6.07, 6.45) is 3.96. The number of nitrogens with one attached hydrogen (secondary N) is 1. The molecule has 2 rings (SSSR count). The van der Waals surface area contributed by atoms with Gasteiger partial charge in [0.1, 0.15) is 0 Å². The smallest absolute Gasteiger partial charge is 0.231 e. The zero-order chi connectivity index (χ0) is 14.8. The number of nitrogens with two attached hydrogens (primary N) is 1. The van der Waals surface area contributed by atoms with E-state index >= 15 is 0 Å². The fraction of sp³-hybridized carbons (Fsp3) is 0.562. The maximum atomic E-state index is 12.7. The Hall–Kier alpha value is -0.870. The van der Waals surface area contributed by atoms with Gasteiger partial charge in [0.25, 0.3) is 0 Å². The van der Waals surface area contributed by atoms with Crippen molar-refractivity contribution < 1.29 is 4.79 Å². The highest BCUT2D eigenvalue weighted by Gasteiger charge is 2.39. The maximum absolute atomic E-state index is 12.7. The number of halogens is 1. The summed E-state index contributed by atoms with van der Waals surface area (Å²) < 4.78 is 1.01. The van der Waals surface area contributed by atoms with Gasteiger partial charge in [0.2, 0.25) is 5.91 Å². The van der Waals surface area contributed by atoms with Crippen molar-refractivity contribution in [3.63, 3.8) is 0 Å². The van der Waals surface area contributed by atoms with Gasteiger partial charge in [0, 0.05) is 16.7 Å². The average molecular weight is 339 g/mol. The number of carbonyl (C=O) groups excluding carboxylic acids is 1. The van der Waals surface area contributed by atoms with Gasteiger partial charge in [-0.1, -0.05) is 28.9 Å². The van der Waals surface area contributed by atoms with E-state index in [9.17, 15) is 4.79 Å². The van der Waals surface area contributed by atoms with Crippen LogP contribution in [0.4, 0.5) is 5.69 Å². The molecule has 0 heterocycles. The van der Waals surface area contributed by atoms with Gasteiger partial charge in [-0.25, -0.2) is 0 Å². The number of hydrogen-bond donors (Lipinski definition) is 2. The minimum absolute atomic E-state index is 0.0769. The minimum Gasteiger partial charge on any atom is -0.329 e. The summed E-state index contributed by atoms with van der Waals surface area (Å²) in [7, 11) is 0. The third-order valence-electron chi connectivity index (χ3n) is 4.62. The van der Waals surface area contributed by atoms with E-state index in [2.05, 4.69) is 28.2 Å². The van der Waals surface area contributed by atoms with Crippen molar-refractivity contribution in [2.24, 2.45) is 17.1 Å². The number of hydrogen-bond acceptors (Lipinski definition) is 2. The molecule has 0 aliphatic heterocycles. The highest BCUT2D eigenvalue weighted by molar-refractivity contribution is 9.10. The van der Waals surface area contributed by atoms with E-state index in [0.717, 1.165) is 41.4 Å². The first kappa shape index (κ1) is 15.5. The van der Waals surface area contributed by atoms with Crippen molar-refractivity contribution in [1.29, 1.82) is 0 Å². The molecule has 1 amide bonds. The van der Waals surface area contributed by atoms with Gasteiger partial charge in [-0.05, 0) is 56.2 Å². The molecule has 1 aromatic carbocycles. The second-order valence-electron chi connectivity index (χ2n) is 6.03. The Bertz CT molecular complexity index is 493. The predicted octanol–water partition coefficient (Wildman–Crippen LogP) is 3.85. The molecule has 0 unspecified atom stereocenters. The molecular formula is C16H23BrN2O. The Morgan fingerprint density at radius 1 is 1.45 bits per heavy atom. The van der Waals surface area contributed by atoms with Crippen molar-refractivity contribution in [3.05, 3.63) is 28.2 Å². The Morgan fingerprint density at radius 2 is 2.10 bits per heavy atom. The van der Waals surface area contributed by atoms with Crippen molar-refractivity contribution in [2.75, 3.05) is 11.9 Å².